The molecule has 0 saturated carbocycles. The Balaban J connectivity index is 1.67. The van der Waals surface area contributed by atoms with Crippen LogP contribution in [0.3, 0.4) is 0 Å². The van der Waals surface area contributed by atoms with Gasteiger partial charge in [0.25, 0.3) is 5.56 Å². The third-order valence-electron chi connectivity index (χ3n) is 9.88. The van der Waals surface area contributed by atoms with E-state index in [1.807, 2.05) is 107 Å². The molecule has 0 radical (unpaired) electrons. The van der Waals surface area contributed by atoms with Crippen LogP contribution in [0.4, 0.5) is 13.2 Å². The van der Waals surface area contributed by atoms with Gasteiger partial charge >= 0.3 is 21.3 Å². The highest BCUT2D eigenvalue weighted by Crippen LogP contribution is 2.46. The van der Waals surface area contributed by atoms with Crippen molar-refractivity contribution in [2.24, 2.45) is 5.92 Å². The van der Waals surface area contributed by atoms with Crippen molar-refractivity contribution in [3.05, 3.63) is 135 Å². The second-order valence-electron chi connectivity index (χ2n) is 14.2. The Morgan fingerprint density at radius 3 is 1.87 bits per heavy atom. The molecule has 53 heavy (non-hydrogen) atoms. The molecule has 1 aliphatic heterocycles. The van der Waals surface area contributed by atoms with Crippen LogP contribution in [-0.4, -0.2) is 64.3 Å². The summed E-state index contributed by atoms with van der Waals surface area (Å²) in [5, 5.41) is -0.435. The standard InChI is InChI=1S/C37H43F3N2O9SSi/c1-35(2,3)53(5,6)51-32-29(23-49-52(45,46)37(38,39)40)30(50-33(32)42-22-21-31(43)41-34(42)44)24-48-36(25-13-9-7-10-14-25,26-15-11-8-12-16-26)27-17-19-28(47-4)20-18-27/h7-22,29-30,32-33H,23-24H2,1-6H3,(H,41,43,44)/t29-,30-,32-,33-/m1/s1. The van der Waals surface area contributed by atoms with Crippen molar-refractivity contribution in [3.63, 3.8) is 0 Å². The summed E-state index contributed by atoms with van der Waals surface area (Å²) in [5.41, 5.74) is -6.52. The summed E-state index contributed by atoms with van der Waals surface area (Å²) in [4.78, 5) is 27.4. The van der Waals surface area contributed by atoms with Crippen LogP contribution in [-0.2, 0) is 33.8 Å². The Labute approximate surface area is 306 Å². The van der Waals surface area contributed by atoms with Gasteiger partial charge in [0, 0.05) is 18.2 Å². The fourth-order valence-corrected chi connectivity index (χ4v) is 7.82. The van der Waals surface area contributed by atoms with Crippen molar-refractivity contribution in [1.29, 1.82) is 0 Å². The molecule has 2 heterocycles. The van der Waals surface area contributed by atoms with Crippen molar-refractivity contribution in [1.82, 2.24) is 9.55 Å². The number of nitrogens with one attached hydrogen (secondary N) is 1. The predicted octanol–water partition coefficient (Wildman–Crippen LogP) is 6.32. The number of H-pyrrole nitrogens is 1. The van der Waals surface area contributed by atoms with E-state index in [4.69, 9.17) is 18.6 Å². The topological polar surface area (TPSA) is 135 Å². The summed E-state index contributed by atoms with van der Waals surface area (Å²) < 4.78 is 96.7. The number of hydrogen-bond donors (Lipinski definition) is 1. The summed E-state index contributed by atoms with van der Waals surface area (Å²) in [6, 6.07) is 26.8. The minimum atomic E-state index is -6.05. The number of ether oxygens (including phenoxy) is 3. The fraction of sp³-hybridized carbons (Fsp3) is 0.405. The van der Waals surface area contributed by atoms with Crippen LogP contribution < -0.4 is 16.0 Å². The summed E-state index contributed by atoms with van der Waals surface area (Å²) in [6.45, 7) is 8.26. The van der Waals surface area contributed by atoms with Crippen LogP contribution in [0.15, 0.2) is 107 Å². The van der Waals surface area contributed by atoms with Gasteiger partial charge < -0.3 is 18.6 Å². The molecule has 1 N–H and O–H groups in total. The lowest BCUT2D eigenvalue weighted by Crippen LogP contribution is -2.49. The second-order valence-corrected chi connectivity index (χ2v) is 20.6. The van der Waals surface area contributed by atoms with Gasteiger partial charge in [-0.25, -0.2) is 4.79 Å². The lowest BCUT2D eigenvalue weighted by atomic mass is 9.80. The number of aromatic nitrogens is 2. The van der Waals surface area contributed by atoms with E-state index in [0.717, 1.165) is 10.6 Å². The van der Waals surface area contributed by atoms with Crippen LogP contribution >= 0.6 is 0 Å². The lowest BCUT2D eigenvalue weighted by molar-refractivity contribution is -0.0916. The molecule has 11 nitrogen and oxygen atoms in total. The average molecular weight is 777 g/mol. The average Bonchev–Trinajstić information content (AvgIpc) is 3.43. The highest BCUT2D eigenvalue weighted by atomic mass is 32.2. The quantitative estimate of drug-likeness (QED) is 0.0716. The molecule has 0 bridgehead atoms. The number of hydrogen-bond acceptors (Lipinski definition) is 9. The number of rotatable bonds is 13. The number of alkyl halides is 3. The third kappa shape index (κ3) is 8.37. The number of nitrogens with zero attached hydrogens (tertiary/aromatic N) is 1. The number of halogens is 3. The Morgan fingerprint density at radius 1 is 0.830 bits per heavy atom. The van der Waals surface area contributed by atoms with Gasteiger partial charge in [-0.15, -0.1) is 0 Å². The molecule has 16 heteroatoms. The van der Waals surface area contributed by atoms with Crippen LogP contribution in [0.5, 0.6) is 5.75 Å². The molecule has 0 aliphatic carbocycles. The van der Waals surface area contributed by atoms with Gasteiger partial charge in [0.1, 0.15) is 11.4 Å². The Morgan fingerprint density at radius 2 is 1.38 bits per heavy atom. The molecule has 4 aromatic rings. The first-order chi connectivity index (χ1) is 24.8. The third-order valence-corrected chi connectivity index (χ3v) is 15.4. The molecule has 3 aromatic carbocycles. The van der Waals surface area contributed by atoms with Gasteiger partial charge in [0.05, 0.1) is 32.5 Å². The smallest absolute Gasteiger partial charge is 0.497 e. The maximum Gasteiger partial charge on any atom is 0.523 e. The molecule has 0 spiro atoms. The first kappa shape index (κ1) is 40.1. The van der Waals surface area contributed by atoms with Crippen LogP contribution in [0.25, 0.3) is 0 Å². The van der Waals surface area contributed by atoms with Crippen molar-refractivity contribution in [3.8, 4) is 5.75 Å². The fourth-order valence-electron chi connectivity index (χ4n) is 6.02. The lowest BCUT2D eigenvalue weighted by Gasteiger charge is -2.41. The van der Waals surface area contributed by atoms with Gasteiger partial charge in [-0.2, -0.15) is 21.6 Å². The van der Waals surface area contributed by atoms with E-state index in [1.54, 1.807) is 12.1 Å². The molecule has 5 rings (SSSR count). The predicted molar refractivity (Wildman–Crippen MR) is 193 cm³/mol. The van der Waals surface area contributed by atoms with E-state index in [2.05, 4.69) is 9.17 Å². The van der Waals surface area contributed by atoms with Crippen molar-refractivity contribution >= 4 is 18.4 Å². The van der Waals surface area contributed by atoms with Crippen molar-refractivity contribution in [2.75, 3.05) is 20.3 Å². The first-order valence-corrected chi connectivity index (χ1v) is 21.1. The van der Waals surface area contributed by atoms with Gasteiger partial charge in [-0.3, -0.25) is 18.5 Å². The van der Waals surface area contributed by atoms with Crippen molar-refractivity contribution < 1.29 is 44.4 Å². The van der Waals surface area contributed by atoms with Crippen LogP contribution in [0, 0.1) is 5.92 Å². The zero-order chi connectivity index (χ0) is 38.8. The largest absolute Gasteiger partial charge is 0.523 e. The minimum absolute atomic E-state index is 0.345. The minimum Gasteiger partial charge on any atom is -0.497 e. The summed E-state index contributed by atoms with van der Waals surface area (Å²) in [7, 11) is -7.34. The molecule has 4 atom stereocenters. The first-order valence-electron chi connectivity index (χ1n) is 16.8. The van der Waals surface area contributed by atoms with E-state index in [9.17, 15) is 31.2 Å². The normalized spacial score (nSPS) is 20.0. The Kier molecular flexibility index (Phi) is 11.6. The summed E-state index contributed by atoms with van der Waals surface area (Å²) >= 11 is 0. The molecular weight excluding hydrogens is 734 g/mol. The van der Waals surface area contributed by atoms with E-state index >= 15 is 0 Å². The molecule has 1 aromatic heterocycles. The molecule has 1 saturated heterocycles. The van der Waals surface area contributed by atoms with Gasteiger partial charge in [-0.1, -0.05) is 93.6 Å². The monoisotopic (exact) mass is 776 g/mol. The second kappa shape index (κ2) is 15.4. The SMILES string of the molecule is COc1ccc(C(OC[C@H]2O[C@@H](n3ccc(=O)[nH]c3=O)[C@H](O[Si](C)(C)C(C)(C)C)[C@@H]2COS(=O)(=O)C(F)(F)F)(c2ccccc2)c2ccccc2)cc1. The van der Waals surface area contributed by atoms with Crippen LogP contribution in [0.1, 0.15) is 43.7 Å². The maximum atomic E-state index is 13.6. The summed E-state index contributed by atoms with van der Waals surface area (Å²) in [6.07, 6.45) is -2.56. The maximum absolute atomic E-state index is 13.6. The van der Waals surface area contributed by atoms with E-state index in [1.165, 1.54) is 13.3 Å². The molecule has 0 amide bonds. The summed E-state index contributed by atoms with van der Waals surface area (Å²) in [5.74, 6) is -0.643. The molecule has 286 valence electrons. The van der Waals surface area contributed by atoms with E-state index < -0.39 is 76.8 Å². The number of benzene rings is 3. The molecule has 1 aliphatic rings. The van der Waals surface area contributed by atoms with Gasteiger partial charge in [-0.05, 0) is 47.0 Å². The highest BCUT2D eigenvalue weighted by Gasteiger charge is 2.54. The molecule has 0 unspecified atom stereocenters. The zero-order valence-electron chi connectivity index (χ0n) is 30.1. The molecular formula is C37H43F3N2O9SSi. The Hall–Kier alpha value is -4.06. The molecule has 1 fully saturated rings. The number of methoxy groups -OCH3 is 1. The van der Waals surface area contributed by atoms with Gasteiger partial charge in [0.2, 0.25) is 0 Å². The van der Waals surface area contributed by atoms with Crippen molar-refractivity contribution in [2.45, 2.75) is 68.4 Å². The van der Waals surface area contributed by atoms with E-state index in [-0.39, 0.29) is 6.61 Å². The highest BCUT2D eigenvalue weighted by molar-refractivity contribution is 7.87. The van der Waals surface area contributed by atoms with Crippen LogP contribution in [0.2, 0.25) is 18.1 Å². The van der Waals surface area contributed by atoms with Gasteiger partial charge in [0.15, 0.2) is 14.5 Å². The van der Waals surface area contributed by atoms with E-state index in [0.29, 0.717) is 22.4 Å². The zero-order valence-corrected chi connectivity index (χ0v) is 31.9. The Bertz CT molecular complexity index is 2030. The number of aromatic amines is 1.